The van der Waals surface area contributed by atoms with Crippen LogP contribution in [0, 0.1) is 12.3 Å². The summed E-state index contributed by atoms with van der Waals surface area (Å²) >= 11 is 1.29. The topological polar surface area (TPSA) is 73.8 Å². The molecule has 2 aliphatic rings. The van der Waals surface area contributed by atoms with Gasteiger partial charge in [0.1, 0.15) is 4.21 Å². The van der Waals surface area contributed by atoms with Gasteiger partial charge in [-0.2, -0.15) is 0 Å². The smallest absolute Gasteiger partial charge is 0.250 e. The Morgan fingerprint density at radius 1 is 1.35 bits per heavy atom. The molecule has 1 aliphatic carbocycles. The molecule has 3 rings (SSSR count). The van der Waals surface area contributed by atoms with Crippen LogP contribution in [-0.4, -0.2) is 52.0 Å². The van der Waals surface area contributed by atoms with Crippen molar-refractivity contribution in [2.24, 2.45) is 10.4 Å². The molecular formula is C17H29IN4O2S2. The first kappa shape index (κ1) is 21.9. The number of hydrogen-bond acceptors (Lipinski definition) is 4. The maximum Gasteiger partial charge on any atom is 0.250 e. The lowest BCUT2D eigenvalue weighted by Gasteiger charge is -2.38. The monoisotopic (exact) mass is 512 g/mol. The van der Waals surface area contributed by atoms with Crippen molar-refractivity contribution >= 4 is 51.3 Å². The number of likely N-dealkylation sites (tertiary alicyclic amines) is 1. The van der Waals surface area contributed by atoms with E-state index >= 15 is 0 Å². The number of guanidine groups is 1. The fourth-order valence-electron chi connectivity index (χ4n) is 3.60. The number of rotatable bonds is 6. The van der Waals surface area contributed by atoms with Crippen molar-refractivity contribution in [2.45, 2.75) is 43.7 Å². The molecule has 1 saturated heterocycles. The van der Waals surface area contributed by atoms with E-state index in [0.717, 1.165) is 30.5 Å². The summed E-state index contributed by atoms with van der Waals surface area (Å²) in [5, 5.41) is 3.34. The van der Waals surface area contributed by atoms with Crippen LogP contribution < -0.4 is 10.0 Å². The second-order valence-corrected chi connectivity index (χ2v) is 10.3. The molecule has 2 heterocycles. The Morgan fingerprint density at radius 2 is 2.12 bits per heavy atom. The van der Waals surface area contributed by atoms with Crippen LogP contribution in [0.3, 0.4) is 0 Å². The van der Waals surface area contributed by atoms with E-state index in [1.165, 1.54) is 37.0 Å². The molecule has 1 aliphatic heterocycles. The predicted octanol–water partition coefficient (Wildman–Crippen LogP) is 2.79. The fraction of sp³-hybridized carbons (Fsp3) is 0.706. The highest BCUT2D eigenvalue weighted by Gasteiger charge is 2.43. The molecule has 1 aromatic heterocycles. The second-order valence-electron chi connectivity index (χ2n) is 7.02. The lowest BCUT2D eigenvalue weighted by atomic mass is 9.68. The third-order valence-corrected chi connectivity index (χ3v) is 8.09. The summed E-state index contributed by atoms with van der Waals surface area (Å²) in [5.41, 5.74) is 0.523. The van der Waals surface area contributed by atoms with Crippen LogP contribution in [0.4, 0.5) is 0 Å². The van der Waals surface area contributed by atoms with Crippen molar-refractivity contribution in [1.82, 2.24) is 14.9 Å². The van der Waals surface area contributed by atoms with Gasteiger partial charge in [-0.3, -0.25) is 4.99 Å². The Labute approximate surface area is 177 Å². The van der Waals surface area contributed by atoms with Gasteiger partial charge >= 0.3 is 0 Å². The van der Waals surface area contributed by atoms with Gasteiger partial charge in [0.15, 0.2) is 5.96 Å². The first-order chi connectivity index (χ1) is 11.9. The lowest BCUT2D eigenvalue weighted by molar-refractivity contribution is 0.151. The van der Waals surface area contributed by atoms with Gasteiger partial charge in [-0.05, 0) is 50.7 Å². The highest BCUT2D eigenvalue weighted by Crippen LogP contribution is 2.47. The molecule has 0 aromatic carbocycles. The van der Waals surface area contributed by atoms with Crippen molar-refractivity contribution in [3.8, 4) is 0 Å². The van der Waals surface area contributed by atoms with E-state index in [9.17, 15) is 8.42 Å². The van der Waals surface area contributed by atoms with E-state index in [0.29, 0.717) is 22.7 Å². The summed E-state index contributed by atoms with van der Waals surface area (Å²) in [5.74, 6) is 0.914. The number of thiophene rings is 1. The van der Waals surface area contributed by atoms with Gasteiger partial charge < -0.3 is 10.2 Å². The summed E-state index contributed by atoms with van der Waals surface area (Å²) in [6.07, 6.45) is 5.28. The van der Waals surface area contributed by atoms with Gasteiger partial charge in [0.2, 0.25) is 10.0 Å². The fourth-order valence-corrected chi connectivity index (χ4v) is 5.95. The Morgan fingerprint density at radius 3 is 2.65 bits per heavy atom. The molecule has 0 atom stereocenters. The highest BCUT2D eigenvalue weighted by atomic mass is 127. The minimum Gasteiger partial charge on any atom is -0.357 e. The molecule has 2 fully saturated rings. The Balaban J connectivity index is 0.00000243. The number of halogens is 1. The van der Waals surface area contributed by atoms with Crippen LogP contribution >= 0.6 is 35.3 Å². The molecule has 0 bridgehead atoms. The van der Waals surface area contributed by atoms with Crippen molar-refractivity contribution in [2.75, 3.05) is 32.7 Å². The molecule has 6 nitrogen and oxygen atoms in total. The first-order valence-electron chi connectivity index (χ1n) is 9.03. The van der Waals surface area contributed by atoms with Gasteiger partial charge in [-0.1, -0.05) is 6.42 Å². The Kier molecular flexibility index (Phi) is 7.75. The molecule has 1 aromatic rings. The molecule has 9 heteroatoms. The number of nitrogens with zero attached hydrogens (tertiary/aromatic N) is 2. The van der Waals surface area contributed by atoms with Crippen LogP contribution in [-0.2, 0) is 10.0 Å². The zero-order chi connectivity index (χ0) is 17.9. The molecule has 1 saturated carbocycles. The van der Waals surface area contributed by atoms with Gasteiger partial charge in [0.05, 0.1) is 6.54 Å². The molecule has 2 N–H and O–H groups in total. The number of sulfonamides is 1. The SMILES string of the molecule is CCNC(=NCCNS(=O)(=O)c1ccc(C)s1)N1CCC2(CCC2)C1.I. The number of nitrogens with one attached hydrogen (secondary N) is 2. The van der Waals surface area contributed by atoms with Crippen LogP contribution in [0.1, 0.15) is 37.5 Å². The van der Waals surface area contributed by atoms with Crippen LogP contribution in [0.5, 0.6) is 0 Å². The van der Waals surface area contributed by atoms with Gasteiger partial charge in [-0.15, -0.1) is 35.3 Å². The molecule has 1 spiro atoms. The van der Waals surface area contributed by atoms with E-state index in [-0.39, 0.29) is 24.0 Å². The largest absolute Gasteiger partial charge is 0.357 e. The zero-order valence-corrected chi connectivity index (χ0v) is 19.4. The van der Waals surface area contributed by atoms with E-state index in [2.05, 4.69) is 26.9 Å². The first-order valence-corrected chi connectivity index (χ1v) is 11.3. The van der Waals surface area contributed by atoms with Crippen LogP contribution in [0.2, 0.25) is 0 Å². The third kappa shape index (κ3) is 5.11. The number of aliphatic imine (C=N–C) groups is 1. The zero-order valence-electron chi connectivity index (χ0n) is 15.5. The standard InChI is InChI=1S/C17H28N4O2S2.HI/c1-3-18-16(21-12-9-17(13-21)7-4-8-17)19-10-11-20-25(22,23)15-6-5-14(2)24-15;/h5-6,20H,3-4,7-13H2,1-2H3,(H,18,19);1H. The van der Waals surface area contributed by atoms with E-state index in [1.807, 2.05) is 13.0 Å². The summed E-state index contributed by atoms with van der Waals surface area (Å²) in [6, 6.07) is 3.47. The van der Waals surface area contributed by atoms with Gasteiger partial charge in [0.25, 0.3) is 0 Å². The van der Waals surface area contributed by atoms with Crippen molar-refractivity contribution < 1.29 is 8.42 Å². The quantitative estimate of drug-likeness (QED) is 0.266. The average Bonchev–Trinajstić information content (AvgIpc) is 3.17. The summed E-state index contributed by atoms with van der Waals surface area (Å²) in [4.78, 5) is 7.95. The molecule has 148 valence electrons. The molecule has 26 heavy (non-hydrogen) atoms. The van der Waals surface area contributed by atoms with Crippen LogP contribution in [0.25, 0.3) is 0 Å². The summed E-state index contributed by atoms with van der Waals surface area (Å²) in [6.45, 7) is 7.67. The average molecular weight is 512 g/mol. The maximum absolute atomic E-state index is 12.2. The van der Waals surface area contributed by atoms with Gasteiger partial charge in [0, 0.05) is 31.1 Å². The number of hydrogen-bond donors (Lipinski definition) is 2. The van der Waals surface area contributed by atoms with Crippen molar-refractivity contribution in [3.63, 3.8) is 0 Å². The normalized spacial score (nSPS) is 19.3. The summed E-state index contributed by atoms with van der Waals surface area (Å²) < 4.78 is 27.5. The molecule has 0 amide bonds. The third-order valence-electron chi connectivity index (χ3n) is 5.13. The minimum atomic E-state index is -3.42. The second kappa shape index (κ2) is 9.20. The lowest BCUT2D eigenvalue weighted by Crippen LogP contribution is -2.43. The number of aryl methyl sites for hydroxylation is 1. The Hall–Kier alpha value is -0.390. The van der Waals surface area contributed by atoms with Crippen LogP contribution in [0.15, 0.2) is 21.3 Å². The Bertz CT molecular complexity index is 729. The van der Waals surface area contributed by atoms with E-state index in [4.69, 9.17) is 0 Å². The van der Waals surface area contributed by atoms with Crippen molar-refractivity contribution in [1.29, 1.82) is 0 Å². The van der Waals surface area contributed by atoms with Gasteiger partial charge in [-0.25, -0.2) is 13.1 Å². The molecular weight excluding hydrogens is 483 g/mol. The maximum atomic E-state index is 12.2. The minimum absolute atomic E-state index is 0. The van der Waals surface area contributed by atoms with E-state index < -0.39 is 10.0 Å². The highest BCUT2D eigenvalue weighted by molar-refractivity contribution is 14.0. The predicted molar refractivity (Wildman–Crippen MR) is 118 cm³/mol. The van der Waals surface area contributed by atoms with E-state index in [1.54, 1.807) is 6.07 Å². The molecule has 0 unspecified atom stereocenters. The molecule has 0 radical (unpaired) electrons. The van der Waals surface area contributed by atoms with Crippen molar-refractivity contribution in [3.05, 3.63) is 17.0 Å². The summed E-state index contributed by atoms with van der Waals surface area (Å²) in [7, 11) is -3.42.